The van der Waals surface area contributed by atoms with Crippen LogP contribution in [-0.2, 0) is 6.42 Å². The summed E-state index contributed by atoms with van der Waals surface area (Å²) in [4.78, 5) is 0. The topological polar surface area (TPSA) is 82.2 Å². The van der Waals surface area contributed by atoms with Gasteiger partial charge in [0.1, 0.15) is 17.3 Å². The molecule has 0 bridgehead atoms. The number of ether oxygens (including phenoxy) is 3. The van der Waals surface area contributed by atoms with Crippen molar-refractivity contribution < 1.29 is 14.2 Å². The van der Waals surface area contributed by atoms with Crippen LogP contribution in [0.2, 0.25) is 0 Å². The highest BCUT2D eigenvalue weighted by Gasteiger charge is 2.16. The van der Waals surface area contributed by atoms with Crippen molar-refractivity contribution in [3.8, 4) is 34.8 Å². The van der Waals surface area contributed by atoms with Gasteiger partial charge in [-0.15, -0.1) is 10.2 Å². The van der Waals surface area contributed by atoms with Gasteiger partial charge in [0.2, 0.25) is 0 Å². The van der Waals surface area contributed by atoms with Crippen LogP contribution in [0.15, 0.2) is 78.0 Å². The predicted molar refractivity (Wildman–Crippen MR) is 131 cm³/mol. The summed E-state index contributed by atoms with van der Waals surface area (Å²) >= 11 is 1.51. The molecule has 34 heavy (non-hydrogen) atoms. The molecule has 0 N–H and O–H groups in total. The molecule has 1 aromatic heterocycles. The van der Waals surface area contributed by atoms with Gasteiger partial charge >= 0.3 is 0 Å². The smallest absolute Gasteiger partial charge is 0.195 e. The fraction of sp³-hybridized carbons (Fsp3) is 0.192. The van der Waals surface area contributed by atoms with Gasteiger partial charge in [0, 0.05) is 24.3 Å². The van der Waals surface area contributed by atoms with E-state index in [9.17, 15) is 0 Å². The van der Waals surface area contributed by atoms with Gasteiger partial charge in [-0.25, -0.2) is 0 Å². The second-order valence-corrected chi connectivity index (χ2v) is 8.33. The van der Waals surface area contributed by atoms with E-state index in [0.717, 1.165) is 33.7 Å². The molecule has 0 fully saturated rings. The SMILES string of the molecule is COc1ccc(Cc2nnc(SCCC#N)n2-c2ccc(Oc3ccccc3)cc2)cc1OC. The standard InChI is InChI=1S/C26H24N4O3S/c1-31-23-14-9-19(17-24(23)32-2)18-25-28-29-26(34-16-6-15-27)30(25)20-10-12-22(13-11-20)33-21-7-4-3-5-8-21/h3-5,7-14,17H,6,16,18H2,1-2H3. The lowest BCUT2D eigenvalue weighted by atomic mass is 10.1. The highest BCUT2D eigenvalue weighted by atomic mass is 32.2. The minimum Gasteiger partial charge on any atom is -0.493 e. The number of methoxy groups -OCH3 is 2. The zero-order chi connectivity index (χ0) is 23.8. The minimum absolute atomic E-state index is 0.437. The highest BCUT2D eigenvalue weighted by molar-refractivity contribution is 7.99. The molecule has 0 saturated heterocycles. The number of hydrogen-bond acceptors (Lipinski definition) is 7. The van der Waals surface area contributed by atoms with Crippen LogP contribution < -0.4 is 14.2 Å². The number of thioether (sulfide) groups is 1. The molecule has 0 aliphatic heterocycles. The molecule has 172 valence electrons. The van der Waals surface area contributed by atoms with Crippen LogP contribution in [0.5, 0.6) is 23.0 Å². The van der Waals surface area contributed by atoms with Crippen molar-refractivity contribution in [1.82, 2.24) is 14.8 Å². The number of nitrogens with zero attached hydrogens (tertiary/aromatic N) is 4. The number of para-hydroxylation sites is 1. The average Bonchev–Trinajstić information content (AvgIpc) is 3.27. The van der Waals surface area contributed by atoms with Gasteiger partial charge < -0.3 is 14.2 Å². The quantitative estimate of drug-likeness (QED) is 0.217. The molecule has 1 heterocycles. The number of aromatic nitrogens is 3. The molecule has 0 aliphatic rings. The van der Waals surface area contributed by atoms with Crippen molar-refractivity contribution >= 4 is 11.8 Å². The van der Waals surface area contributed by atoms with Gasteiger partial charge in [-0.2, -0.15) is 5.26 Å². The zero-order valence-electron chi connectivity index (χ0n) is 19.0. The van der Waals surface area contributed by atoms with E-state index >= 15 is 0 Å². The Hall–Kier alpha value is -3.96. The van der Waals surface area contributed by atoms with Crippen LogP contribution in [0.25, 0.3) is 5.69 Å². The summed E-state index contributed by atoms with van der Waals surface area (Å²) in [5.74, 6) is 4.28. The Morgan fingerprint density at radius 1 is 0.882 bits per heavy atom. The van der Waals surface area contributed by atoms with Crippen LogP contribution in [-0.4, -0.2) is 34.7 Å². The number of hydrogen-bond donors (Lipinski definition) is 0. The number of rotatable bonds is 10. The van der Waals surface area contributed by atoms with Crippen LogP contribution >= 0.6 is 11.8 Å². The van der Waals surface area contributed by atoms with Crippen molar-refractivity contribution in [2.45, 2.75) is 18.0 Å². The maximum absolute atomic E-state index is 8.93. The van der Waals surface area contributed by atoms with E-state index in [2.05, 4.69) is 16.3 Å². The van der Waals surface area contributed by atoms with Gasteiger partial charge in [0.15, 0.2) is 16.7 Å². The molecular formula is C26H24N4O3S. The third-order valence-corrected chi connectivity index (χ3v) is 5.96. The van der Waals surface area contributed by atoms with Gasteiger partial charge in [-0.05, 0) is 54.1 Å². The third kappa shape index (κ3) is 5.50. The van der Waals surface area contributed by atoms with E-state index in [0.29, 0.717) is 30.1 Å². The van der Waals surface area contributed by atoms with Crippen LogP contribution in [0, 0.1) is 11.3 Å². The largest absolute Gasteiger partial charge is 0.493 e. The lowest BCUT2D eigenvalue weighted by Crippen LogP contribution is -2.04. The molecule has 0 aliphatic carbocycles. The Bertz CT molecular complexity index is 1270. The van der Waals surface area contributed by atoms with E-state index in [1.807, 2.05) is 77.4 Å². The minimum atomic E-state index is 0.437. The fourth-order valence-electron chi connectivity index (χ4n) is 3.42. The Balaban J connectivity index is 1.63. The summed E-state index contributed by atoms with van der Waals surface area (Å²) in [6.45, 7) is 0. The van der Waals surface area contributed by atoms with Crippen molar-refractivity contribution in [3.05, 3.63) is 84.2 Å². The molecule has 3 aromatic carbocycles. The van der Waals surface area contributed by atoms with Crippen molar-refractivity contribution in [2.75, 3.05) is 20.0 Å². The fourth-order valence-corrected chi connectivity index (χ4v) is 4.23. The Kier molecular flexibility index (Phi) is 7.68. The highest BCUT2D eigenvalue weighted by Crippen LogP contribution is 2.30. The molecule has 0 unspecified atom stereocenters. The number of nitriles is 1. The first-order valence-electron chi connectivity index (χ1n) is 10.7. The summed E-state index contributed by atoms with van der Waals surface area (Å²) in [6.07, 6.45) is 0.987. The first kappa shape index (κ1) is 23.2. The first-order valence-corrected chi connectivity index (χ1v) is 11.7. The van der Waals surface area contributed by atoms with E-state index < -0.39 is 0 Å². The van der Waals surface area contributed by atoms with E-state index in [4.69, 9.17) is 19.5 Å². The third-order valence-electron chi connectivity index (χ3n) is 5.03. The van der Waals surface area contributed by atoms with Crippen LogP contribution in [0.3, 0.4) is 0 Å². The summed E-state index contributed by atoms with van der Waals surface area (Å²) in [5, 5.41) is 18.5. The van der Waals surface area contributed by atoms with Gasteiger partial charge in [0.05, 0.1) is 20.3 Å². The van der Waals surface area contributed by atoms with E-state index in [1.165, 1.54) is 11.8 Å². The lowest BCUT2D eigenvalue weighted by Gasteiger charge is -2.13. The molecule has 0 radical (unpaired) electrons. The molecule has 7 nitrogen and oxygen atoms in total. The zero-order valence-corrected chi connectivity index (χ0v) is 19.8. The molecule has 0 amide bonds. The lowest BCUT2D eigenvalue weighted by molar-refractivity contribution is 0.354. The molecule has 4 rings (SSSR count). The van der Waals surface area contributed by atoms with Crippen molar-refractivity contribution in [1.29, 1.82) is 5.26 Å². The van der Waals surface area contributed by atoms with Gasteiger partial charge in [0.25, 0.3) is 0 Å². The Morgan fingerprint density at radius 3 is 2.32 bits per heavy atom. The maximum Gasteiger partial charge on any atom is 0.195 e. The predicted octanol–water partition coefficient (Wildman–Crippen LogP) is 5.67. The Labute approximate surface area is 202 Å². The summed E-state index contributed by atoms with van der Waals surface area (Å²) in [5.41, 5.74) is 1.93. The summed E-state index contributed by atoms with van der Waals surface area (Å²) in [6, 6.07) is 25.4. The number of benzene rings is 3. The maximum atomic E-state index is 8.93. The van der Waals surface area contributed by atoms with Crippen molar-refractivity contribution in [2.24, 2.45) is 0 Å². The van der Waals surface area contributed by atoms with Crippen LogP contribution in [0.1, 0.15) is 17.8 Å². The monoisotopic (exact) mass is 472 g/mol. The normalized spacial score (nSPS) is 10.5. The Morgan fingerprint density at radius 2 is 1.62 bits per heavy atom. The molecule has 4 aromatic rings. The average molecular weight is 473 g/mol. The molecular weight excluding hydrogens is 448 g/mol. The molecule has 8 heteroatoms. The van der Waals surface area contributed by atoms with Gasteiger partial charge in [-0.1, -0.05) is 36.0 Å². The summed E-state index contributed by atoms with van der Waals surface area (Å²) < 4.78 is 18.7. The van der Waals surface area contributed by atoms with Crippen molar-refractivity contribution in [3.63, 3.8) is 0 Å². The van der Waals surface area contributed by atoms with E-state index in [1.54, 1.807) is 14.2 Å². The first-order chi connectivity index (χ1) is 16.7. The van der Waals surface area contributed by atoms with Gasteiger partial charge in [-0.3, -0.25) is 4.57 Å². The second kappa shape index (κ2) is 11.3. The summed E-state index contributed by atoms with van der Waals surface area (Å²) in [7, 11) is 3.23. The molecule has 0 atom stereocenters. The molecule has 0 saturated carbocycles. The van der Waals surface area contributed by atoms with Crippen LogP contribution in [0.4, 0.5) is 0 Å². The second-order valence-electron chi connectivity index (χ2n) is 7.27. The van der Waals surface area contributed by atoms with E-state index in [-0.39, 0.29) is 0 Å². The molecule has 0 spiro atoms.